The van der Waals surface area contributed by atoms with E-state index in [-0.39, 0.29) is 22.3 Å². The molecule has 0 saturated heterocycles. The molecule has 0 bridgehead atoms. The van der Waals surface area contributed by atoms with E-state index in [2.05, 4.69) is 15.9 Å². The Morgan fingerprint density at radius 3 is 2.62 bits per heavy atom. The van der Waals surface area contributed by atoms with Crippen molar-refractivity contribution >= 4 is 27.6 Å². The van der Waals surface area contributed by atoms with Crippen LogP contribution in [0.15, 0.2) is 12.1 Å². The summed E-state index contributed by atoms with van der Waals surface area (Å²) in [6.45, 7) is 0. The van der Waals surface area contributed by atoms with E-state index in [1.807, 2.05) is 0 Å². The van der Waals surface area contributed by atoms with Crippen LogP contribution in [0, 0.1) is 10.1 Å². The number of alkyl halides is 1. The Kier molecular flexibility index (Phi) is 3.83. The molecule has 6 nitrogen and oxygen atoms in total. The van der Waals surface area contributed by atoms with Crippen molar-refractivity contribution in [3.63, 3.8) is 0 Å². The van der Waals surface area contributed by atoms with Crippen molar-refractivity contribution in [1.82, 2.24) is 0 Å². The fourth-order valence-corrected chi connectivity index (χ4v) is 1.69. The molecule has 0 aliphatic rings. The molecule has 0 aliphatic heterocycles. The number of hydrogen-bond acceptors (Lipinski definition) is 4. The SMILES string of the molecule is COc1c(CBr)cc([N+](=O)[O-])cc1C(=O)O. The van der Waals surface area contributed by atoms with Gasteiger partial charge in [0.25, 0.3) is 5.69 Å². The van der Waals surface area contributed by atoms with Crippen LogP contribution in [-0.2, 0) is 5.33 Å². The lowest BCUT2D eigenvalue weighted by Gasteiger charge is -2.09. The summed E-state index contributed by atoms with van der Waals surface area (Å²) in [5, 5.41) is 19.8. The van der Waals surface area contributed by atoms with Gasteiger partial charge in [-0.1, -0.05) is 15.9 Å². The van der Waals surface area contributed by atoms with Gasteiger partial charge in [0.1, 0.15) is 11.3 Å². The van der Waals surface area contributed by atoms with Gasteiger partial charge in [-0.25, -0.2) is 4.79 Å². The van der Waals surface area contributed by atoms with Crippen LogP contribution in [0.25, 0.3) is 0 Å². The number of methoxy groups -OCH3 is 1. The minimum Gasteiger partial charge on any atom is -0.496 e. The molecule has 16 heavy (non-hydrogen) atoms. The van der Waals surface area contributed by atoms with Gasteiger partial charge < -0.3 is 9.84 Å². The number of carboxylic acid groups (broad SMARTS) is 1. The molecule has 1 N–H and O–H groups in total. The lowest BCUT2D eigenvalue weighted by atomic mass is 10.1. The van der Waals surface area contributed by atoms with Crippen LogP contribution in [0.1, 0.15) is 15.9 Å². The fraction of sp³-hybridized carbons (Fsp3) is 0.222. The molecule has 0 fully saturated rings. The number of non-ortho nitro benzene ring substituents is 1. The Morgan fingerprint density at radius 2 is 2.25 bits per heavy atom. The quantitative estimate of drug-likeness (QED) is 0.521. The van der Waals surface area contributed by atoms with Crippen molar-refractivity contribution < 1.29 is 19.6 Å². The van der Waals surface area contributed by atoms with Gasteiger partial charge in [-0.15, -0.1) is 0 Å². The highest BCUT2D eigenvalue weighted by atomic mass is 79.9. The van der Waals surface area contributed by atoms with Crippen LogP contribution in [0.2, 0.25) is 0 Å². The number of nitro benzene ring substituents is 1. The molecule has 1 aromatic carbocycles. The minimum absolute atomic E-state index is 0.134. The van der Waals surface area contributed by atoms with Crippen LogP contribution < -0.4 is 4.74 Å². The number of nitro groups is 1. The van der Waals surface area contributed by atoms with Crippen LogP contribution in [0.5, 0.6) is 5.75 Å². The Hall–Kier alpha value is -1.63. The largest absolute Gasteiger partial charge is 0.496 e. The molecule has 0 aliphatic carbocycles. The van der Waals surface area contributed by atoms with E-state index in [0.717, 1.165) is 6.07 Å². The standard InChI is InChI=1S/C9H8BrNO5/c1-16-8-5(4-10)2-6(11(14)15)3-7(8)9(12)13/h2-3H,4H2,1H3,(H,12,13). The molecule has 0 unspecified atom stereocenters. The summed E-state index contributed by atoms with van der Waals surface area (Å²) in [6.07, 6.45) is 0. The third kappa shape index (κ3) is 2.30. The summed E-state index contributed by atoms with van der Waals surface area (Å²) < 4.78 is 4.93. The molecule has 86 valence electrons. The zero-order valence-corrected chi connectivity index (χ0v) is 9.85. The average Bonchev–Trinajstić information content (AvgIpc) is 2.26. The molecule has 1 rings (SSSR count). The summed E-state index contributed by atoms with van der Waals surface area (Å²) in [4.78, 5) is 20.9. The summed E-state index contributed by atoms with van der Waals surface area (Å²) >= 11 is 3.12. The lowest BCUT2D eigenvalue weighted by molar-refractivity contribution is -0.385. The first-order valence-electron chi connectivity index (χ1n) is 4.15. The van der Waals surface area contributed by atoms with Crippen LogP contribution in [0.4, 0.5) is 5.69 Å². The second kappa shape index (κ2) is 4.93. The number of carbonyl (C=O) groups is 1. The van der Waals surface area contributed by atoms with Crippen molar-refractivity contribution in [2.24, 2.45) is 0 Å². The molecule has 0 radical (unpaired) electrons. The van der Waals surface area contributed by atoms with E-state index in [9.17, 15) is 14.9 Å². The Bertz CT molecular complexity index is 446. The maximum atomic E-state index is 10.9. The fourth-order valence-electron chi connectivity index (χ4n) is 1.28. The Morgan fingerprint density at radius 1 is 1.62 bits per heavy atom. The Balaban J connectivity index is 3.49. The normalized spacial score (nSPS) is 9.88. The van der Waals surface area contributed by atoms with Crippen molar-refractivity contribution in [3.05, 3.63) is 33.4 Å². The second-order valence-corrected chi connectivity index (χ2v) is 3.44. The number of hydrogen-bond donors (Lipinski definition) is 1. The maximum Gasteiger partial charge on any atom is 0.339 e. The number of halogens is 1. The van der Waals surface area contributed by atoms with Crippen LogP contribution >= 0.6 is 15.9 Å². The number of aromatic carboxylic acids is 1. The molecule has 7 heteroatoms. The van der Waals surface area contributed by atoms with Gasteiger partial charge in [0.2, 0.25) is 0 Å². The molecular formula is C9H8BrNO5. The molecule has 1 aromatic rings. The second-order valence-electron chi connectivity index (χ2n) is 2.88. The van der Waals surface area contributed by atoms with Gasteiger partial charge in [-0.05, 0) is 0 Å². The van der Waals surface area contributed by atoms with E-state index < -0.39 is 10.9 Å². The zero-order chi connectivity index (χ0) is 12.3. The smallest absolute Gasteiger partial charge is 0.339 e. The van der Waals surface area contributed by atoms with Crippen molar-refractivity contribution in [1.29, 1.82) is 0 Å². The van der Waals surface area contributed by atoms with Crippen molar-refractivity contribution in [2.45, 2.75) is 5.33 Å². The highest BCUT2D eigenvalue weighted by Gasteiger charge is 2.20. The summed E-state index contributed by atoms with van der Waals surface area (Å²) in [7, 11) is 1.32. The minimum atomic E-state index is -1.26. The van der Waals surface area contributed by atoms with E-state index in [1.165, 1.54) is 13.2 Å². The monoisotopic (exact) mass is 289 g/mol. The molecule has 0 atom stereocenters. The van der Waals surface area contributed by atoms with E-state index in [4.69, 9.17) is 9.84 Å². The van der Waals surface area contributed by atoms with E-state index in [1.54, 1.807) is 0 Å². The number of rotatable bonds is 4. The summed E-state index contributed by atoms with van der Waals surface area (Å²) in [5.74, 6) is -1.13. The molecule has 0 saturated carbocycles. The molecule has 0 amide bonds. The van der Waals surface area contributed by atoms with Gasteiger partial charge in [0, 0.05) is 23.0 Å². The number of nitrogens with zero attached hydrogens (tertiary/aromatic N) is 1. The molecule has 0 spiro atoms. The maximum absolute atomic E-state index is 10.9. The topological polar surface area (TPSA) is 89.7 Å². The molecular weight excluding hydrogens is 282 g/mol. The van der Waals surface area contributed by atoms with E-state index in [0.29, 0.717) is 5.56 Å². The third-order valence-electron chi connectivity index (χ3n) is 1.94. The highest BCUT2D eigenvalue weighted by molar-refractivity contribution is 9.08. The first-order valence-corrected chi connectivity index (χ1v) is 5.28. The first kappa shape index (κ1) is 12.4. The molecule has 0 aromatic heterocycles. The summed E-state index contributed by atoms with van der Waals surface area (Å²) in [6, 6.07) is 2.26. The number of carboxylic acids is 1. The van der Waals surface area contributed by atoms with Crippen molar-refractivity contribution in [3.8, 4) is 5.75 Å². The van der Waals surface area contributed by atoms with Gasteiger partial charge in [0.05, 0.1) is 12.0 Å². The van der Waals surface area contributed by atoms with Gasteiger partial charge in [-0.2, -0.15) is 0 Å². The van der Waals surface area contributed by atoms with Crippen LogP contribution in [-0.4, -0.2) is 23.1 Å². The summed E-state index contributed by atoms with van der Waals surface area (Å²) in [5.41, 5.74) is -0.0621. The third-order valence-corrected chi connectivity index (χ3v) is 2.54. The van der Waals surface area contributed by atoms with Gasteiger partial charge in [0.15, 0.2) is 0 Å². The zero-order valence-electron chi connectivity index (χ0n) is 8.27. The number of ether oxygens (including phenoxy) is 1. The predicted molar refractivity (Wildman–Crippen MR) is 59.2 cm³/mol. The Labute approximate surface area is 99.1 Å². The van der Waals surface area contributed by atoms with E-state index >= 15 is 0 Å². The predicted octanol–water partition coefficient (Wildman–Crippen LogP) is 2.20. The lowest BCUT2D eigenvalue weighted by Crippen LogP contribution is -2.04. The van der Waals surface area contributed by atoms with Gasteiger partial charge >= 0.3 is 5.97 Å². The first-order chi connectivity index (χ1) is 7.51. The molecule has 0 heterocycles. The number of benzene rings is 1. The van der Waals surface area contributed by atoms with Crippen molar-refractivity contribution in [2.75, 3.05) is 7.11 Å². The highest BCUT2D eigenvalue weighted by Crippen LogP contribution is 2.30. The average molecular weight is 290 g/mol. The van der Waals surface area contributed by atoms with Gasteiger partial charge in [-0.3, -0.25) is 10.1 Å². The van der Waals surface area contributed by atoms with Crippen LogP contribution in [0.3, 0.4) is 0 Å².